The van der Waals surface area contributed by atoms with Crippen LogP contribution in [0.5, 0.6) is 5.75 Å². The molecule has 0 saturated heterocycles. The van der Waals surface area contributed by atoms with Gasteiger partial charge in [-0.1, -0.05) is 12.1 Å². The van der Waals surface area contributed by atoms with E-state index in [-0.39, 0.29) is 17.9 Å². The molecule has 1 aliphatic heterocycles. The predicted octanol–water partition coefficient (Wildman–Crippen LogP) is 6.70. The van der Waals surface area contributed by atoms with Gasteiger partial charge < -0.3 is 19.5 Å². The molecule has 0 radical (unpaired) electrons. The van der Waals surface area contributed by atoms with Crippen LogP contribution in [0.1, 0.15) is 46.1 Å². The molecule has 35 heavy (non-hydrogen) atoms. The van der Waals surface area contributed by atoms with E-state index in [0.29, 0.717) is 12.2 Å². The molecule has 1 N–H and O–H groups in total. The van der Waals surface area contributed by atoms with Crippen LogP contribution in [0.25, 0.3) is 5.00 Å². The number of rotatable bonds is 3. The van der Waals surface area contributed by atoms with Crippen molar-refractivity contribution in [2.75, 3.05) is 12.4 Å². The van der Waals surface area contributed by atoms with Gasteiger partial charge in [-0.05, 0) is 85.3 Å². The molecule has 2 aromatic carbocycles. The number of aromatic nitrogens is 1. The molecule has 5 nitrogen and oxygen atoms in total. The number of amides is 2. The number of fused-ring (bicyclic) bond motifs is 5. The molecule has 0 saturated carbocycles. The van der Waals surface area contributed by atoms with E-state index >= 15 is 0 Å². The summed E-state index contributed by atoms with van der Waals surface area (Å²) >= 11 is 1.85. The number of hydrogen-bond donors (Lipinski definition) is 1. The van der Waals surface area contributed by atoms with Crippen molar-refractivity contribution in [3.63, 3.8) is 0 Å². The lowest BCUT2D eigenvalue weighted by atomic mass is 9.95. The summed E-state index contributed by atoms with van der Waals surface area (Å²) in [6, 6.07) is 17.3. The van der Waals surface area contributed by atoms with Crippen LogP contribution in [0.2, 0.25) is 0 Å². The molecule has 0 spiro atoms. The van der Waals surface area contributed by atoms with E-state index < -0.39 is 0 Å². The zero-order valence-electron chi connectivity index (χ0n) is 19.5. The van der Waals surface area contributed by atoms with Gasteiger partial charge in [0.2, 0.25) is 0 Å². The molecule has 0 bridgehead atoms. The third-order valence-electron chi connectivity index (χ3n) is 6.97. The maximum atomic E-state index is 13.9. The van der Waals surface area contributed by atoms with E-state index in [4.69, 9.17) is 4.74 Å². The largest absolute Gasteiger partial charge is 0.497 e. The van der Waals surface area contributed by atoms with Gasteiger partial charge >= 0.3 is 6.03 Å². The SMILES string of the molecule is COc1ccc(NC(=O)N2Cc3c(sc4c3CCCC4)-n3cccc3C2c2ccc(F)cc2)cc1. The summed E-state index contributed by atoms with van der Waals surface area (Å²) in [6.07, 6.45) is 6.62. The minimum absolute atomic E-state index is 0.194. The Bertz CT molecular complexity index is 1370. The van der Waals surface area contributed by atoms with E-state index in [1.165, 1.54) is 46.0 Å². The number of urea groups is 1. The fraction of sp³-hybridized carbons (Fsp3) is 0.250. The highest BCUT2D eigenvalue weighted by atomic mass is 32.1. The molecule has 1 atom stereocenters. The lowest BCUT2D eigenvalue weighted by Crippen LogP contribution is -2.38. The van der Waals surface area contributed by atoms with Gasteiger partial charge in [-0.15, -0.1) is 11.3 Å². The summed E-state index contributed by atoms with van der Waals surface area (Å²) in [5.74, 6) is 0.439. The highest BCUT2D eigenvalue weighted by molar-refractivity contribution is 7.15. The molecule has 1 aliphatic carbocycles. The number of benzene rings is 2. The van der Waals surface area contributed by atoms with E-state index in [0.717, 1.165) is 29.8 Å². The standard InChI is InChI=1S/C28H26FN3O2S/c1-34-21-14-12-20(13-15-21)30-28(33)32-17-23-22-5-2-3-7-25(22)35-27(23)31-16-4-6-24(31)26(32)18-8-10-19(29)11-9-18/h4,6,8-16,26H,2-3,5,7,17H2,1H3,(H,30,33). The van der Waals surface area contributed by atoms with Gasteiger partial charge in [-0.2, -0.15) is 0 Å². The van der Waals surface area contributed by atoms with Gasteiger partial charge in [0, 0.05) is 22.3 Å². The van der Waals surface area contributed by atoms with Crippen LogP contribution < -0.4 is 10.1 Å². The van der Waals surface area contributed by atoms with Crippen LogP contribution in [0.15, 0.2) is 66.9 Å². The second-order valence-electron chi connectivity index (χ2n) is 9.04. The number of ether oxygens (including phenoxy) is 1. The third kappa shape index (κ3) is 3.90. The third-order valence-corrected chi connectivity index (χ3v) is 8.30. The van der Waals surface area contributed by atoms with Crippen molar-refractivity contribution >= 4 is 23.1 Å². The Kier molecular flexibility index (Phi) is 5.57. The first kappa shape index (κ1) is 21.9. The number of nitrogens with one attached hydrogen (secondary N) is 1. The number of halogens is 1. The van der Waals surface area contributed by atoms with Gasteiger partial charge in [0.1, 0.15) is 16.6 Å². The van der Waals surface area contributed by atoms with Crippen LogP contribution in [0, 0.1) is 5.82 Å². The van der Waals surface area contributed by atoms with Crippen LogP contribution in [-0.4, -0.2) is 22.6 Å². The van der Waals surface area contributed by atoms with Gasteiger partial charge in [0.25, 0.3) is 0 Å². The van der Waals surface area contributed by atoms with Gasteiger partial charge in [-0.3, -0.25) is 0 Å². The summed E-state index contributed by atoms with van der Waals surface area (Å²) in [4.78, 5) is 17.2. The Balaban J connectivity index is 1.46. The topological polar surface area (TPSA) is 46.5 Å². The van der Waals surface area contributed by atoms with Gasteiger partial charge in [0.05, 0.1) is 25.4 Å². The van der Waals surface area contributed by atoms with Crippen molar-refractivity contribution in [2.24, 2.45) is 0 Å². The normalized spacial score (nSPS) is 16.6. The summed E-state index contributed by atoms with van der Waals surface area (Å²) in [5.41, 5.74) is 5.20. The number of hydrogen-bond acceptors (Lipinski definition) is 3. The van der Waals surface area contributed by atoms with Crippen molar-refractivity contribution in [3.05, 3.63) is 99.9 Å². The fourth-order valence-corrected chi connectivity index (χ4v) is 6.66. The molecule has 7 heteroatoms. The molecule has 178 valence electrons. The molecule has 6 rings (SSSR count). The molecular formula is C28H26FN3O2S. The Morgan fingerprint density at radius 1 is 1.03 bits per heavy atom. The number of aryl methyl sites for hydroxylation is 1. The molecule has 1 unspecified atom stereocenters. The maximum absolute atomic E-state index is 13.9. The van der Waals surface area contributed by atoms with Crippen molar-refractivity contribution < 1.29 is 13.9 Å². The smallest absolute Gasteiger partial charge is 0.322 e. The Labute approximate surface area is 207 Å². The van der Waals surface area contributed by atoms with Crippen molar-refractivity contribution in [1.29, 1.82) is 0 Å². The Hall–Kier alpha value is -3.58. The predicted molar refractivity (Wildman–Crippen MR) is 136 cm³/mol. The molecule has 2 amide bonds. The molecular weight excluding hydrogens is 461 g/mol. The average molecular weight is 488 g/mol. The first-order chi connectivity index (χ1) is 17.1. The number of carbonyl (C=O) groups excluding carboxylic acids is 1. The highest BCUT2D eigenvalue weighted by Crippen LogP contribution is 2.44. The van der Waals surface area contributed by atoms with E-state index in [9.17, 15) is 9.18 Å². The van der Waals surface area contributed by atoms with Crippen LogP contribution >= 0.6 is 11.3 Å². The quantitative estimate of drug-likeness (QED) is 0.349. The van der Waals surface area contributed by atoms with Crippen molar-refractivity contribution in [3.8, 4) is 10.8 Å². The summed E-state index contributed by atoms with van der Waals surface area (Å²) < 4.78 is 21.3. The maximum Gasteiger partial charge on any atom is 0.322 e. The summed E-state index contributed by atoms with van der Waals surface area (Å²) in [6.45, 7) is 0.493. The number of nitrogens with zero attached hydrogens (tertiary/aromatic N) is 2. The van der Waals surface area contributed by atoms with Crippen LogP contribution in [0.3, 0.4) is 0 Å². The van der Waals surface area contributed by atoms with Gasteiger partial charge in [0.15, 0.2) is 0 Å². The lowest BCUT2D eigenvalue weighted by Gasteiger charge is -2.31. The molecule has 2 aliphatic rings. The van der Waals surface area contributed by atoms with E-state index in [1.54, 1.807) is 19.2 Å². The Morgan fingerprint density at radius 2 is 1.80 bits per heavy atom. The second-order valence-corrected chi connectivity index (χ2v) is 10.1. The summed E-state index contributed by atoms with van der Waals surface area (Å²) in [7, 11) is 1.62. The van der Waals surface area contributed by atoms with Crippen LogP contribution in [0.4, 0.5) is 14.9 Å². The van der Waals surface area contributed by atoms with Crippen molar-refractivity contribution in [1.82, 2.24) is 9.47 Å². The number of carbonyl (C=O) groups is 1. The highest BCUT2D eigenvalue weighted by Gasteiger charge is 2.36. The van der Waals surface area contributed by atoms with Crippen LogP contribution in [-0.2, 0) is 19.4 Å². The number of anilines is 1. The minimum Gasteiger partial charge on any atom is -0.497 e. The summed E-state index contributed by atoms with van der Waals surface area (Å²) in [5, 5.41) is 4.28. The lowest BCUT2D eigenvalue weighted by molar-refractivity contribution is 0.194. The zero-order valence-corrected chi connectivity index (χ0v) is 20.3. The average Bonchev–Trinajstić information content (AvgIpc) is 3.47. The molecule has 0 fully saturated rings. The zero-order chi connectivity index (χ0) is 23.9. The fourth-order valence-electron chi connectivity index (χ4n) is 5.25. The number of methoxy groups -OCH3 is 1. The van der Waals surface area contributed by atoms with Crippen molar-refractivity contribution in [2.45, 2.75) is 38.3 Å². The first-order valence-electron chi connectivity index (χ1n) is 11.9. The second kappa shape index (κ2) is 8.89. The van der Waals surface area contributed by atoms with E-state index in [2.05, 4.69) is 22.1 Å². The minimum atomic E-state index is -0.359. The molecule has 2 aromatic heterocycles. The monoisotopic (exact) mass is 487 g/mol. The van der Waals surface area contributed by atoms with E-state index in [1.807, 2.05) is 46.6 Å². The number of thiophene rings is 1. The van der Waals surface area contributed by atoms with Gasteiger partial charge in [-0.25, -0.2) is 9.18 Å². The Morgan fingerprint density at radius 3 is 2.57 bits per heavy atom. The molecule has 3 heterocycles. The molecule has 4 aromatic rings. The first-order valence-corrected chi connectivity index (χ1v) is 12.7.